The van der Waals surface area contributed by atoms with Gasteiger partial charge in [0.25, 0.3) is 0 Å². The molecule has 1 aromatic heterocycles. The second-order valence-corrected chi connectivity index (χ2v) is 6.04. The molecule has 0 aliphatic carbocycles. The normalized spacial score (nSPS) is 11.4. The Morgan fingerprint density at radius 3 is 2.76 bits per heavy atom. The van der Waals surface area contributed by atoms with E-state index in [9.17, 15) is 5.11 Å². The average molecular weight is 340 g/mol. The minimum Gasteiger partial charge on any atom is -0.496 e. The topological polar surface area (TPSA) is 58.7 Å². The molecular formula is C20H24N2O3. The summed E-state index contributed by atoms with van der Waals surface area (Å²) in [7, 11) is 1.67. The molecular weight excluding hydrogens is 316 g/mol. The van der Waals surface area contributed by atoms with Gasteiger partial charge in [0.1, 0.15) is 11.4 Å². The van der Waals surface area contributed by atoms with Gasteiger partial charge in [0, 0.05) is 12.6 Å². The van der Waals surface area contributed by atoms with Crippen molar-refractivity contribution in [2.75, 3.05) is 26.8 Å². The number of ether oxygens (including phenoxy) is 1. The van der Waals surface area contributed by atoms with Gasteiger partial charge >= 0.3 is 0 Å². The van der Waals surface area contributed by atoms with Crippen LogP contribution in [-0.2, 0) is 6.54 Å². The van der Waals surface area contributed by atoms with Crippen LogP contribution >= 0.6 is 0 Å². The number of methoxy groups -OCH3 is 1. The van der Waals surface area contributed by atoms with Crippen LogP contribution in [0, 0.1) is 0 Å². The molecule has 1 N–H and O–H groups in total. The lowest BCUT2D eigenvalue weighted by Crippen LogP contribution is -2.27. The van der Waals surface area contributed by atoms with Crippen LogP contribution in [0.2, 0.25) is 0 Å². The van der Waals surface area contributed by atoms with Crippen LogP contribution in [0.25, 0.3) is 22.0 Å². The Kier molecular flexibility index (Phi) is 5.68. The monoisotopic (exact) mass is 340 g/mol. The summed E-state index contributed by atoms with van der Waals surface area (Å²) in [6.07, 6.45) is 1.03. The van der Waals surface area contributed by atoms with Gasteiger partial charge in [0.05, 0.1) is 25.8 Å². The van der Waals surface area contributed by atoms with Crippen molar-refractivity contribution in [3.8, 4) is 17.0 Å². The van der Waals surface area contributed by atoms with E-state index in [1.165, 1.54) is 0 Å². The summed E-state index contributed by atoms with van der Waals surface area (Å²) in [5, 5.41) is 15.7. The van der Waals surface area contributed by atoms with E-state index in [1.54, 1.807) is 7.11 Å². The minimum atomic E-state index is 0.137. The molecule has 1 heterocycles. The SMILES string of the molecule is CCCN(CCO)Cc1cc(-c2c(OC)ccc3ccccc23)no1. The molecule has 0 atom stereocenters. The van der Waals surface area contributed by atoms with Gasteiger partial charge in [-0.1, -0.05) is 42.4 Å². The number of hydrogen-bond donors (Lipinski definition) is 1. The summed E-state index contributed by atoms with van der Waals surface area (Å²) in [5.41, 5.74) is 1.71. The highest BCUT2D eigenvalue weighted by molar-refractivity contribution is 5.98. The van der Waals surface area contributed by atoms with Crippen molar-refractivity contribution in [1.29, 1.82) is 0 Å². The molecule has 5 nitrogen and oxygen atoms in total. The lowest BCUT2D eigenvalue weighted by Gasteiger charge is -2.18. The molecule has 0 aliphatic heterocycles. The highest BCUT2D eigenvalue weighted by Gasteiger charge is 2.16. The van der Waals surface area contributed by atoms with Crippen molar-refractivity contribution < 1.29 is 14.4 Å². The van der Waals surface area contributed by atoms with Crippen LogP contribution < -0.4 is 4.74 Å². The van der Waals surface area contributed by atoms with Crippen molar-refractivity contribution in [1.82, 2.24) is 10.1 Å². The lowest BCUT2D eigenvalue weighted by atomic mass is 10.0. The fourth-order valence-corrected chi connectivity index (χ4v) is 3.14. The summed E-state index contributed by atoms with van der Waals surface area (Å²) in [6, 6.07) is 14.1. The first kappa shape index (κ1) is 17.5. The number of benzene rings is 2. The molecule has 25 heavy (non-hydrogen) atoms. The molecule has 3 aromatic rings. The van der Waals surface area contributed by atoms with Gasteiger partial charge in [-0.2, -0.15) is 0 Å². The molecule has 0 saturated heterocycles. The average Bonchev–Trinajstić information content (AvgIpc) is 3.09. The molecule has 2 aromatic carbocycles. The second kappa shape index (κ2) is 8.14. The van der Waals surface area contributed by atoms with Gasteiger partial charge in [0.15, 0.2) is 5.76 Å². The number of rotatable bonds is 8. The van der Waals surface area contributed by atoms with E-state index in [0.717, 1.165) is 46.5 Å². The molecule has 0 radical (unpaired) electrons. The van der Waals surface area contributed by atoms with E-state index >= 15 is 0 Å². The summed E-state index contributed by atoms with van der Waals surface area (Å²) in [6.45, 7) is 4.43. The van der Waals surface area contributed by atoms with E-state index in [0.29, 0.717) is 13.1 Å². The highest BCUT2D eigenvalue weighted by atomic mass is 16.5. The van der Waals surface area contributed by atoms with Crippen molar-refractivity contribution >= 4 is 10.8 Å². The predicted octanol–water partition coefficient (Wildman–Crippen LogP) is 3.71. The molecule has 132 valence electrons. The Balaban J connectivity index is 1.95. The maximum absolute atomic E-state index is 9.21. The van der Waals surface area contributed by atoms with E-state index in [-0.39, 0.29) is 6.61 Å². The Labute approximate surface area is 147 Å². The van der Waals surface area contributed by atoms with E-state index < -0.39 is 0 Å². The molecule has 0 amide bonds. The largest absolute Gasteiger partial charge is 0.496 e. The number of aromatic nitrogens is 1. The maximum Gasteiger partial charge on any atom is 0.151 e. The molecule has 0 bridgehead atoms. The first-order valence-electron chi connectivity index (χ1n) is 8.61. The maximum atomic E-state index is 9.21. The first-order chi connectivity index (χ1) is 12.3. The zero-order valence-corrected chi connectivity index (χ0v) is 14.7. The molecule has 0 saturated carbocycles. The molecule has 0 spiro atoms. The van der Waals surface area contributed by atoms with Gasteiger partial charge in [-0.25, -0.2) is 0 Å². The van der Waals surface area contributed by atoms with Crippen LogP contribution in [0.3, 0.4) is 0 Å². The van der Waals surface area contributed by atoms with Crippen LogP contribution in [0.1, 0.15) is 19.1 Å². The van der Waals surface area contributed by atoms with Crippen LogP contribution in [0.15, 0.2) is 47.0 Å². The first-order valence-corrected chi connectivity index (χ1v) is 8.61. The van der Waals surface area contributed by atoms with Crippen LogP contribution in [-0.4, -0.2) is 42.0 Å². The van der Waals surface area contributed by atoms with Gasteiger partial charge in [-0.3, -0.25) is 4.90 Å². The van der Waals surface area contributed by atoms with Crippen molar-refractivity contribution in [3.05, 3.63) is 48.2 Å². The van der Waals surface area contributed by atoms with Gasteiger partial charge in [-0.05, 0) is 29.8 Å². The molecule has 0 unspecified atom stereocenters. The third-order valence-electron chi connectivity index (χ3n) is 4.26. The summed E-state index contributed by atoms with van der Waals surface area (Å²) >= 11 is 0. The van der Waals surface area contributed by atoms with Crippen molar-refractivity contribution in [2.45, 2.75) is 19.9 Å². The van der Waals surface area contributed by atoms with E-state index in [4.69, 9.17) is 9.26 Å². The molecule has 0 aliphatic rings. The summed E-state index contributed by atoms with van der Waals surface area (Å²) in [4.78, 5) is 2.16. The second-order valence-electron chi connectivity index (χ2n) is 6.04. The molecule has 5 heteroatoms. The quantitative estimate of drug-likeness (QED) is 0.677. The highest BCUT2D eigenvalue weighted by Crippen LogP contribution is 2.36. The van der Waals surface area contributed by atoms with Crippen molar-refractivity contribution in [2.24, 2.45) is 0 Å². The molecule has 3 rings (SSSR count). The Morgan fingerprint density at radius 1 is 1.16 bits per heavy atom. The fraction of sp³-hybridized carbons (Fsp3) is 0.350. The standard InChI is InChI=1S/C20H24N2O3/c1-3-10-22(11-12-23)14-16-13-18(21-25-16)20-17-7-5-4-6-15(17)8-9-19(20)24-2/h4-9,13,23H,3,10-12,14H2,1-2H3. The molecule has 0 fully saturated rings. The number of aliphatic hydroxyl groups excluding tert-OH is 1. The summed E-state index contributed by atoms with van der Waals surface area (Å²) < 4.78 is 11.1. The Morgan fingerprint density at radius 2 is 2.00 bits per heavy atom. The fourth-order valence-electron chi connectivity index (χ4n) is 3.14. The Bertz CT molecular complexity index is 823. The number of fused-ring (bicyclic) bond motifs is 1. The van der Waals surface area contributed by atoms with Gasteiger partial charge in [-0.15, -0.1) is 0 Å². The van der Waals surface area contributed by atoms with E-state index in [1.807, 2.05) is 30.3 Å². The van der Waals surface area contributed by atoms with Crippen LogP contribution in [0.4, 0.5) is 0 Å². The van der Waals surface area contributed by atoms with Gasteiger partial charge in [0.2, 0.25) is 0 Å². The smallest absolute Gasteiger partial charge is 0.151 e. The third kappa shape index (κ3) is 3.83. The number of nitrogens with zero attached hydrogens (tertiary/aromatic N) is 2. The zero-order valence-electron chi connectivity index (χ0n) is 14.7. The number of aliphatic hydroxyl groups is 1. The zero-order chi connectivity index (χ0) is 17.6. The third-order valence-corrected chi connectivity index (χ3v) is 4.26. The number of hydrogen-bond acceptors (Lipinski definition) is 5. The summed E-state index contributed by atoms with van der Waals surface area (Å²) in [5.74, 6) is 1.56. The van der Waals surface area contributed by atoms with Crippen molar-refractivity contribution in [3.63, 3.8) is 0 Å². The van der Waals surface area contributed by atoms with Gasteiger partial charge < -0.3 is 14.4 Å². The van der Waals surface area contributed by atoms with E-state index in [2.05, 4.69) is 29.1 Å². The lowest BCUT2D eigenvalue weighted by molar-refractivity contribution is 0.176. The van der Waals surface area contributed by atoms with Crippen LogP contribution in [0.5, 0.6) is 5.75 Å². The minimum absolute atomic E-state index is 0.137. The Hall–Kier alpha value is -2.37. The predicted molar refractivity (Wildman–Crippen MR) is 98.7 cm³/mol.